The molecule has 47 heavy (non-hydrogen) atoms. The Hall–Kier alpha value is -3.91. The average molecular weight is 670 g/mol. The van der Waals surface area contributed by atoms with Gasteiger partial charge in [0.1, 0.15) is 18.4 Å². The molecule has 2 atom stereocenters. The summed E-state index contributed by atoms with van der Waals surface area (Å²) >= 11 is 0. The second-order valence-corrected chi connectivity index (χ2v) is 15.0. The van der Waals surface area contributed by atoms with Crippen LogP contribution >= 0.6 is 0 Å². The fourth-order valence-electron chi connectivity index (χ4n) is 6.96. The molecule has 9 nitrogen and oxygen atoms in total. The smallest absolute Gasteiger partial charge is 0.406 e. The van der Waals surface area contributed by atoms with Crippen LogP contribution in [0, 0.1) is 23.2 Å². The predicted octanol–water partition coefficient (Wildman–Crippen LogP) is 5.56. The van der Waals surface area contributed by atoms with Gasteiger partial charge >= 0.3 is 6.18 Å². The second-order valence-electron chi connectivity index (χ2n) is 12.9. The first kappa shape index (κ1) is 33.0. The number of alkyl halides is 3. The topological polar surface area (TPSA) is 109 Å². The number of hydrogen-bond acceptors (Lipinski definition) is 8. The standard InChI is InChI=1S/C34H38F3N5O4S/c1-33(41-20-25-18-26(21-41)46-25)12-10-23(11-13-33)40-29-6-3-7-31-28(29)17-24(42(31)22-34(35,36)37)5-4-15-39-30-9-8-27(47(2,43)44)19-32(30)45-16-14-38/h3,6-9,17,19,23,25-26,39-40H,10-13,15-16,18,20-22H2,1-2H3. The number of piperidine rings is 1. The Balaban J connectivity index is 1.18. The fourth-order valence-corrected chi connectivity index (χ4v) is 7.60. The average Bonchev–Trinajstić information content (AvgIpc) is 3.35. The first-order valence-corrected chi connectivity index (χ1v) is 17.6. The molecule has 1 aliphatic carbocycles. The lowest BCUT2D eigenvalue weighted by Crippen LogP contribution is -2.64. The second kappa shape index (κ2) is 12.9. The minimum atomic E-state index is -4.45. The van der Waals surface area contributed by atoms with Crippen molar-refractivity contribution in [2.75, 3.05) is 43.1 Å². The number of nitrogens with zero attached hydrogens (tertiary/aromatic N) is 3. The number of hydrogen-bond donors (Lipinski definition) is 2. The van der Waals surface area contributed by atoms with Crippen LogP contribution in [0.1, 0.15) is 44.7 Å². The summed E-state index contributed by atoms with van der Waals surface area (Å²) in [5.74, 6) is 5.94. The van der Waals surface area contributed by atoms with Crippen molar-refractivity contribution >= 4 is 32.1 Å². The van der Waals surface area contributed by atoms with Crippen molar-refractivity contribution in [3.05, 3.63) is 48.2 Å². The highest BCUT2D eigenvalue weighted by molar-refractivity contribution is 7.90. The number of rotatable bonds is 9. The fraction of sp³-hybridized carbons (Fsp3) is 0.500. The number of nitriles is 1. The Kier molecular flexibility index (Phi) is 9.09. The van der Waals surface area contributed by atoms with E-state index >= 15 is 0 Å². The molecule has 2 unspecified atom stereocenters. The molecule has 3 saturated heterocycles. The predicted molar refractivity (Wildman–Crippen MR) is 173 cm³/mol. The summed E-state index contributed by atoms with van der Waals surface area (Å²) in [5, 5.41) is 16.2. The number of halogens is 3. The number of anilines is 2. The molecule has 4 fully saturated rings. The Morgan fingerprint density at radius 2 is 1.83 bits per heavy atom. The molecule has 13 heteroatoms. The maximum atomic E-state index is 13.7. The van der Waals surface area contributed by atoms with Crippen LogP contribution in [-0.4, -0.2) is 80.3 Å². The summed E-state index contributed by atoms with van der Waals surface area (Å²) in [6.45, 7) is 2.88. The molecule has 3 aliphatic heterocycles. The van der Waals surface area contributed by atoms with Gasteiger partial charge in [0.05, 0.1) is 40.5 Å². The van der Waals surface area contributed by atoms with Crippen molar-refractivity contribution in [3.63, 3.8) is 0 Å². The van der Waals surface area contributed by atoms with Gasteiger partial charge < -0.3 is 24.7 Å². The third-order valence-electron chi connectivity index (χ3n) is 9.48. The van der Waals surface area contributed by atoms with E-state index in [0.717, 1.165) is 57.1 Å². The molecule has 3 aromatic rings. The van der Waals surface area contributed by atoms with Gasteiger partial charge in [-0.2, -0.15) is 18.4 Å². The van der Waals surface area contributed by atoms with E-state index in [1.165, 1.54) is 22.8 Å². The number of fused-ring (bicyclic) bond motifs is 3. The van der Waals surface area contributed by atoms with E-state index in [1.807, 2.05) is 12.1 Å². The van der Waals surface area contributed by atoms with E-state index in [9.17, 15) is 21.6 Å². The molecule has 1 saturated carbocycles. The van der Waals surface area contributed by atoms with Crippen LogP contribution in [0.3, 0.4) is 0 Å². The van der Waals surface area contributed by atoms with Gasteiger partial charge in [0.2, 0.25) is 0 Å². The normalized spacial score (nSPS) is 24.5. The maximum absolute atomic E-state index is 13.7. The van der Waals surface area contributed by atoms with Gasteiger partial charge in [-0.15, -0.1) is 0 Å². The SMILES string of the molecule is CC1(N2CC3CC(C2)O3)CCC(Nc2cccc3c2cc(C#CCNc2ccc(S(C)(=O)=O)cc2OCC#N)n3CC(F)(F)F)CC1. The van der Waals surface area contributed by atoms with Gasteiger partial charge in [0, 0.05) is 54.5 Å². The third kappa shape index (κ3) is 7.48. The largest absolute Gasteiger partial charge is 0.477 e. The molecule has 1 aromatic heterocycles. The zero-order chi connectivity index (χ0) is 33.4. The van der Waals surface area contributed by atoms with E-state index in [4.69, 9.17) is 14.7 Å². The van der Waals surface area contributed by atoms with E-state index in [2.05, 4.69) is 34.3 Å². The quantitative estimate of drug-likeness (QED) is 0.286. The molecule has 0 radical (unpaired) electrons. The van der Waals surface area contributed by atoms with Gasteiger partial charge in [0.25, 0.3) is 0 Å². The van der Waals surface area contributed by atoms with Crippen LogP contribution < -0.4 is 15.4 Å². The highest BCUT2D eigenvalue weighted by atomic mass is 32.2. The lowest BCUT2D eigenvalue weighted by molar-refractivity contribution is -0.201. The van der Waals surface area contributed by atoms with Crippen molar-refractivity contribution in [1.29, 1.82) is 5.26 Å². The van der Waals surface area contributed by atoms with Crippen LogP contribution in [0.4, 0.5) is 24.5 Å². The Labute approximate surface area is 272 Å². The highest BCUT2D eigenvalue weighted by Crippen LogP contribution is 2.40. The number of ether oxygens (including phenoxy) is 2. The summed E-state index contributed by atoms with van der Waals surface area (Å²) in [6.07, 6.45) is 2.51. The first-order chi connectivity index (χ1) is 22.3. The maximum Gasteiger partial charge on any atom is 0.406 e. The summed E-state index contributed by atoms with van der Waals surface area (Å²) < 4.78 is 77.6. The van der Waals surface area contributed by atoms with Crippen LogP contribution in [-0.2, 0) is 21.1 Å². The lowest BCUT2D eigenvalue weighted by Gasteiger charge is -2.55. The van der Waals surface area contributed by atoms with E-state index in [0.29, 0.717) is 28.8 Å². The molecule has 2 N–H and O–H groups in total. The monoisotopic (exact) mass is 669 g/mol. The molecule has 7 rings (SSSR count). The molecule has 2 aromatic carbocycles. The number of morpholine rings is 1. The molecular formula is C34H38F3N5O4S. The number of sulfone groups is 1. The zero-order valence-electron chi connectivity index (χ0n) is 26.4. The summed E-state index contributed by atoms with van der Waals surface area (Å²) in [5.41, 5.74) is 2.00. The van der Waals surface area contributed by atoms with Crippen molar-refractivity contribution in [2.24, 2.45) is 0 Å². The van der Waals surface area contributed by atoms with E-state index in [-0.39, 0.29) is 41.1 Å². The highest BCUT2D eigenvalue weighted by Gasteiger charge is 2.46. The zero-order valence-corrected chi connectivity index (χ0v) is 27.2. The van der Waals surface area contributed by atoms with Gasteiger partial charge in [-0.25, -0.2) is 8.42 Å². The van der Waals surface area contributed by atoms with E-state index in [1.54, 1.807) is 18.2 Å². The van der Waals surface area contributed by atoms with Crippen LogP contribution in [0.15, 0.2) is 47.4 Å². The first-order valence-electron chi connectivity index (χ1n) is 15.7. The van der Waals surface area contributed by atoms with E-state index < -0.39 is 22.6 Å². The molecule has 250 valence electrons. The van der Waals surface area contributed by atoms with Crippen molar-refractivity contribution in [3.8, 4) is 23.7 Å². The van der Waals surface area contributed by atoms with Gasteiger partial charge in [0.15, 0.2) is 16.4 Å². The molecule has 0 amide bonds. The minimum Gasteiger partial charge on any atom is -0.477 e. The van der Waals surface area contributed by atoms with Gasteiger partial charge in [-0.1, -0.05) is 12.0 Å². The van der Waals surface area contributed by atoms with Crippen molar-refractivity contribution < 1.29 is 31.1 Å². The Morgan fingerprint density at radius 1 is 1.11 bits per heavy atom. The minimum absolute atomic E-state index is 0.0267. The molecular weight excluding hydrogens is 631 g/mol. The molecule has 4 heterocycles. The van der Waals surface area contributed by atoms with Crippen molar-refractivity contribution in [2.45, 2.75) is 80.4 Å². The van der Waals surface area contributed by atoms with Crippen LogP contribution in [0.2, 0.25) is 0 Å². The van der Waals surface area contributed by atoms with Gasteiger partial charge in [-0.3, -0.25) is 4.90 Å². The van der Waals surface area contributed by atoms with Gasteiger partial charge in [-0.05, 0) is 68.9 Å². The number of nitrogens with one attached hydrogen (secondary N) is 2. The summed E-state index contributed by atoms with van der Waals surface area (Å²) in [6, 6.07) is 13.3. The Morgan fingerprint density at radius 3 is 2.49 bits per heavy atom. The molecule has 2 bridgehead atoms. The molecule has 0 spiro atoms. The van der Waals surface area contributed by atoms with Crippen molar-refractivity contribution in [1.82, 2.24) is 9.47 Å². The summed E-state index contributed by atoms with van der Waals surface area (Å²) in [7, 11) is -3.51. The molecule has 4 aliphatic rings. The third-order valence-corrected chi connectivity index (χ3v) is 10.6. The van der Waals surface area contributed by atoms with Crippen LogP contribution in [0.25, 0.3) is 10.9 Å². The van der Waals surface area contributed by atoms with Crippen LogP contribution in [0.5, 0.6) is 5.75 Å². The summed E-state index contributed by atoms with van der Waals surface area (Å²) in [4.78, 5) is 2.62. The Bertz CT molecular complexity index is 1830. The lowest BCUT2D eigenvalue weighted by atomic mass is 9.77. The number of benzene rings is 2. The number of aromatic nitrogens is 1.